The molecule has 0 bridgehead atoms. The number of nitrogens with zero attached hydrogens (tertiary/aromatic N) is 3. The lowest BCUT2D eigenvalue weighted by atomic mass is 9.78. The summed E-state index contributed by atoms with van der Waals surface area (Å²) in [5.41, 5.74) is 1.76. The summed E-state index contributed by atoms with van der Waals surface area (Å²) in [6.07, 6.45) is 11.2. The molecule has 1 unspecified atom stereocenters. The van der Waals surface area contributed by atoms with Crippen molar-refractivity contribution in [3.63, 3.8) is 0 Å². The second kappa shape index (κ2) is 7.95. The zero-order valence-electron chi connectivity index (χ0n) is 17.3. The molecule has 0 radical (unpaired) electrons. The Labute approximate surface area is 169 Å². The molecule has 3 aliphatic heterocycles. The van der Waals surface area contributed by atoms with Crippen molar-refractivity contribution in [2.75, 3.05) is 50.7 Å². The molecule has 154 valence electrons. The third-order valence-corrected chi connectivity index (χ3v) is 8.12. The maximum absolute atomic E-state index is 13.2. The van der Waals surface area contributed by atoms with Crippen LogP contribution in [-0.2, 0) is 0 Å². The number of likely N-dealkylation sites (tertiary alicyclic amines) is 2. The van der Waals surface area contributed by atoms with E-state index in [0.717, 1.165) is 25.0 Å². The lowest BCUT2D eigenvalue weighted by Gasteiger charge is -2.44. The zero-order chi connectivity index (χ0) is 19.0. The maximum Gasteiger partial charge on any atom is 0.123 e. The Bertz CT molecular complexity index is 650. The van der Waals surface area contributed by atoms with E-state index in [2.05, 4.69) is 14.7 Å². The van der Waals surface area contributed by atoms with E-state index in [9.17, 15) is 4.39 Å². The molecule has 5 rings (SSSR count). The van der Waals surface area contributed by atoms with Crippen molar-refractivity contribution >= 4 is 5.69 Å². The second-order valence-corrected chi connectivity index (χ2v) is 10.1. The van der Waals surface area contributed by atoms with E-state index < -0.39 is 0 Å². The Kier molecular flexibility index (Phi) is 5.36. The number of anilines is 1. The van der Waals surface area contributed by atoms with Gasteiger partial charge in [0.2, 0.25) is 0 Å². The molecule has 1 saturated carbocycles. The van der Waals surface area contributed by atoms with Crippen molar-refractivity contribution in [1.29, 1.82) is 0 Å². The molecule has 1 atom stereocenters. The van der Waals surface area contributed by atoms with Crippen LogP contribution in [0.3, 0.4) is 0 Å². The van der Waals surface area contributed by atoms with Crippen LogP contribution in [0.25, 0.3) is 0 Å². The molecule has 3 heterocycles. The number of hydrogen-bond donors (Lipinski definition) is 0. The van der Waals surface area contributed by atoms with Gasteiger partial charge >= 0.3 is 0 Å². The third-order valence-electron chi connectivity index (χ3n) is 8.12. The topological polar surface area (TPSA) is 9.72 Å². The molecule has 28 heavy (non-hydrogen) atoms. The molecule has 4 fully saturated rings. The van der Waals surface area contributed by atoms with Gasteiger partial charge in [-0.1, -0.05) is 6.42 Å². The normalized spacial score (nSPS) is 30.8. The maximum atomic E-state index is 13.2. The van der Waals surface area contributed by atoms with Crippen LogP contribution in [-0.4, -0.2) is 61.7 Å². The van der Waals surface area contributed by atoms with E-state index >= 15 is 0 Å². The van der Waals surface area contributed by atoms with Crippen LogP contribution in [0.4, 0.5) is 10.1 Å². The van der Waals surface area contributed by atoms with Crippen molar-refractivity contribution in [3.8, 4) is 0 Å². The van der Waals surface area contributed by atoms with Crippen LogP contribution < -0.4 is 4.90 Å². The molecule has 1 aromatic carbocycles. The fourth-order valence-corrected chi connectivity index (χ4v) is 6.26. The molecule has 0 N–H and O–H groups in total. The predicted molar refractivity (Wildman–Crippen MR) is 113 cm³/mol. The van der Waals surface area contributed by atoms with Gasteiger partial charge in [-0.2, -0.15) is 0 Å². The fourth-order valence-electron chi connectivity index (χ4n) is 6.26. The zero-order valence-corrected chi connectivity index (χ0v) is 17.3. The SMILES string of the molecule is Fc1ccc(N2CCC(N3CCC4(CCCN(CC5CCC5)C4)C3)CC2)cc1. The van der Waals surface area contributed by atoms with Crippen LogP contribution in [0, 0.1) is 17.2 Å². The van der Waals surface area contributed by atoms with Crippen LogP contribution in [0.15, 0.2) is 24.3 Å². The van der Waals surface area contributed by atoms with Crippen molar-refractivity contribution in [1.82, 2.24) is 9.80 Å². The van der Waals surface area contributed by atoms with Crippen molar-refractivity contribution in [2.45, 2.75) is 57.4 Å². The smallest absolute Gasteiger partial charge is 0.123 e. The molecule has 3 nitrogen and oxygen atoms in total. The van der Waals surface area contributed by atoms with Crippen molar-refractivity contribution < 1.29 is 4.39 Å². The molecule has 1 aliphatic carbocycles. The summed E-state index contributed by atoms with van der Waals surface area (Å²) in [5.74, 6) is 0.864. The van der Waals surface area contributed by atoms with E-state index in [1.54, 1.807) is 12.1 Å². The molecular weight excluding hydrogens is 349 g/mol. The highest BCUT2D eigenvalue weighted by Gasteiger charge is 2.43. The van der Waals surface area contributed by atoms with Gasteiger partial charge in [0.25, 0.3) is 0 Å². The molecule has 0 aromatic heterocycles. The number of hydrogen-bond acceptors (Lipinski definition) is 3. The second-order valence-electron chi connectivity index (χ2n) is 10.1. The average Bonchev–Trinajstić information content (AvgIpc) is 3.09. The van der Waals surface area contributed by atoms with Gasteiger partial charge in [-0.3, -0.25) is 4.90 Å². The number of benzene rings is 1. The summed E-state index contributed by atoms with van der Waals surface area (Å²) in [6.45, 7) is 8.91. The van der Waals surface area contributed by atoms with Crippen LogP contribution in [0.5, 0.6) is 0 Å². The van der Waals surface area contributed by atoms with Gasteiger partial charge in [0.15, 0.2) is 0 Å². The van der Waals surface area contributed by atoms with Gasteiger partial charge in [0, 0.05) is 44.5 Å². The predicted octanol–water partition coefficient (Wildman–Crippen LogP) is 4.38. The number of halogens is 1. The summed E-state index contributed by atoms with van der Waals surface area (Å²) in [7, 11) is 0. The minimum atomic E-state index is -0.139. The number of rotatable bonds is 4. The number of piperidine rings is 2. The van der Waals surface area contributed by atoms with Crippen molar-refractivity contribution in [2.24, 2.45) is 11.3 Å². The quantitative estimate of drug-likeness (QED) is 0.761. The van der Waals surface area contributed by atoms with E-state index in [1.807, 2.05) is 12.1 Å². The first-order valence-electron chi connectivity index (χ1n) is 11.7. The minimum absolute atomic E-state index is 0.139. The summed E-state index contributed by atoms with van der Waals surface area (Å²) >= 11 is 0. The Balaban J connectivity index is 1.14. The van der Waals surface area contributed by atoms with Gasteiger partial charge in [0.1, 0.15) is 5.82 Å². The molecule has 4 heteroatoms. The Morgan fingerprint density at radius 1 is 0.857 bits per heavy atom. The van der Waals surface area contributed by atoms with E-state index in [-0.39, 0.29) is 5.82 Å². The minimum Gasteiger partial charge on any atom is -0.371 e. The lowest BCUT2D eigenvalue weighted by molar-refractivity contribution is 0.0617. The standard InChI is InChI=1S/C24H36FN3/c25-21-5-7-22(8-6-21)27-14-9-23(10-15-27)28-16-12-24(19-28)11-2-13-26(18-24)17-20-3-1-4-20/h5-8,20,23H,1-4,9-19H2. The highest BCUT2D eigenvalue weighted by Crippen LogP contribution is 2.41. The first kappa shape index (κ1) is 18.9. The molecule has 3 saturated heterocycles. The third kappa shape index (κ3) is 3.95. The van der Waals surface area contributed by atoms with Gasteiger partial charge in [-0.25, -0.2) is 4.39 Å². The van der Waals surface area contributed by atoms with E-state index in [1.165, 1.54) is 89.8 Å². The molecule has 4 aliphatic rings. The van der Waals surface area contributed by atoms with Crippen LogP contribution in [0.2, 0.25) is 0 Å². The monoisotopic (exact) mass is 385 g/mol. The van der Waals surface area contributed by atoms with Gasteiger partial charge in [0.05, 0.1) is 0 Å². The summed E-state index contributed by atoms with van der Waals surface area (Å²) in [6, 6.07) is 7.78. The van der Waals surface area contributed by atoms with Crippen LogP contribution >= 0.6 is 0 Å². The molecule has 1 spiro atoms. The lowest BCUT2D eigenvalue weighted by Crippen LogP contribution is -2.49. The fraction of sp³-hybridized carbons (Fsp3) is 0.750. The highest BCUT2D eigenvalue weighted by atomic mass is 19.1. The Hall–Kier alpha value is -1.13. The summed E-state index contributed by atoms with van der Waals surface area (Å²) < 4.78 is 13.2. The summed E-state index contributed by atoms with van der Waals surface area (Å²) in [5, 5.41) is 0. The Morgan fingerprint density at radius 3 is 2.36 bits per heavy atom. The van der Waals surface area contributed by atoms with E-state index in [4.69, 9.17) is 0 Å². The Morgan fingerprint density at radius 2 is 1.64 bits per heavy atom. The van der Waals surface area contributed by atoms with Gasteiger partial charge in [-0.05, 0) is 93.6 Å². The average molecular weight is 386 g/mol. The van der Waals surface area contributed by atoms with E-state index in [0.29, 0.717) is 5.41 Å². The van der Waals surface area contributed by atoms with Gasteiger partial charge in [-0.15, -0.1) is 0 Å². The first-order chi connectivity index (χ1) is 13.7. The molecule has 0 amide bonds. The van der Waals surface area contributed by atoms with Crippen LogP contribution in [0.1, 0.15) is 51.4 Å². The first-order valence-corrected chi connectivity index (χ1v) is 11.7. The van der Waals surface area contributed by atoms with Gasteiger partial charge < -0.3 is 9.80 Å². The molecule has 1 aromatic rings. The highest BCUT2D eigenvalue weighted by molar-refractivity contribution is 5.46. The van der Waals surface area contributed by atoms with Crippen molar-refractivity contribution in [3.05, 3.63) is 30.1 Å². The largest absolute Gasteiger partial charge is 0.371 e. The molecular formula is C24H36FN3. The summed E-state index contributed by atoms with van der Waals surface area (Å²) in [4.78, 5) is 8.07.